The highest BCUT2D eigenvalue weighted by atomic mass is 31.2. The van der Waals surface area contributed by atoms with Gasteiger partial charge in [-0.3, -0.25) is 9.32 Å². The second kappa shape index (κ2) is 4.91. The molecular formula is C8H18NO4P. The van der Waals surface area contributed by atoms with Gasteiger partial charge in [0.25, 0.3) is 0 Å². The summed E-state index contributed by atoms with van der Waals surface area (Å²) >= 11 is 0. The van der Waals surface area contributed by atoms with Crippen molar-refractivity contribution in [2.24, 2.45) is 10.9 Å². The van der Waals surface area contributed by atoms with Crippen LogP contribution in [0.5, 0.6) is 0 Å². The van der Waals surface area contributed by atoms with E-state index in [4.69, 9.17) is 10.0 Å². The first-order valence-corrected chi connectivity index (χ1v) is 6.03. The molecule has 0 aliphatic rings. The van der Waals surface area contributed by atoms with Crippen LogP contribution in [0.3, 0.4) is 0 Å². The van der Waals surface area contributed by atoms with Gasteiger partial charge in [0.1, 0.15) is 0 Å². The maximum absolute atomic E-state index is 11.3. The molecule has 0 aromatic heterocycles. The van der Waals surface area contributed by atoms with Crippen molar-refractivity contribution in [3.8, 4) is 0 Å². The number of carbonyl (C=O) groups excluding carboxylic acids is 1. The van der Waals surface area contributed by atoms with E-state index in [0.29, 0.717) is 0 Å². The standard InChI is InChI=1S/C8H18NO4P/c1-5-7(10)13-14(9,11)12-6-8(2,3)4/h5-6H2,1-4H3,(H2,9,11). The SMILES string of the molecule is CCC(=O)OP(N)(=O)OCC(C)(C)C. The van der Waals surface area contributed by atoms with E-state index in [0.717, 1.165) is 0 Å². The lowest BCUT2D eigenvalue weighted by Gasteiger charge is -2.20. The minimum Gasteiger partial charge on any atom is -0.380 e. The molecule has 0 fully saturated rings. The van der Waals surface area contributed by atoms with Crippen LogP contribution >= 0.6 is 7.75 Å². The van der Waals surface area contributed by atoms with Crippen molar-refractivity contribution >= 4 is 13.7 Å². The summed E-state index contributed by atoms with van der Waals surface area (Å²) in [6, 6.07) is 0. The van der Waals surface area contributed by atoms with Crippen LogP contribution in [0.1, 0.15) is 34.1 Å². The molecule has 0 heterocycles. The lowest BCUT2D eigenvalue weighted by atomic mass is 9.99. The molecule has 0 radical (unpaired) electrons. The fourth-order valence-corrected chi connectivity index (χ4v) is 1.55. The summed E-state index contributed by atoms with van der Waals surface area (Å²) in [5.74, 6) is -0.621. The Hall–Kier alpha value is -0.380. The zero-order chi connectivity index (χ0) is 11.4. The summed E-state index contributed by atoms with van der Waals surface area (Å²) in [5.41, 5.74) is 5.02. The van der Waals surface area contributed by atoms with Crippen LogP contribution < -0.4 is 5.50 Å². The van der Waals surface area contributed by atoms with E-state index in [9.17, 15) is 9.36 Å². The Morgan fingerprint density at radius 3 is 2.29 bits per heavy atom. The third kappa shape index (κ3) is 7.06. The molecule has 0 aromatic rings. The molecule has 0 rings (SSSR count). The van der Waals surface area contributed by atoms with Crippen LogP contribution in [0.25, 0.3) is 0 Å². The summed E-state index contributed by atoms with van der Waals surface area (Å²) in [6.07, 6.45) is 0.125. The lowest BCUT2D eigenvalue weighted by Crippen LogP contribution is -2.17. The Bertz CT molecular complexity index is 246. The van der Waals surface area contributed by atoms with Gasteiger partial charge in [0.15, 0.2) is 0 Å². The van der Waals surface area contributed by atoms with E-state index in [-0.39, 0.29) is 18.4 Å². The van der Waals surface area contributed by atoms with E-state index < -0.39 is 13.7 Å². The average Bonchev–Trinajstić information content (AvgIpc) is 1.99. The van der Waals surface area contributed by atoms with Crippen LogP contribution in [-0.4, -0.2) is 12.6 Å². The summed E-state index contributed by atoms with van der Waals surface area (Å²) in [7, 11) is -3.71. The first-order chi connectivity index (χ1) is 6.16. The van der Waals surface area contributed by atoms with Crippen LogP contribution in [0.2, 0.25) is 0 Å². The molecule has 2 N–H and O–H groups in total. The fourth-order valence-electron chi connectivity index (χ4n) is 0.516. The normalized spacial score (nSPS) is 16.1. The monoisotopic (exact) mass is 223 g/mol. The number of carbonyl (C=O) groups is 1. The number of nitrogens with two attached hydrogens (primary N) is 1. The van der Waals surface area contributed by atoms with Gasteiger partial charge in [-0.1, -0.05) is 27.7 Å². The van der Waals surface area contributed by atoms with Crippen molar-refractivity contribution < 1.29 is 18.4 Å². The zero-order valence-corrected chi connectivity index (χ0v) is 9.97. The van der Waals surface area contributed by atoms with Crippen LogP contribution in [-0.2, 0) is 18.4 Å². The van der Waals surface area contributed by atoms with Crippen LogP contribution in [0.15, 0.2) is 0 Å². The summed E-state index contributed by atoms with van der Waals surface area (Å²) in [4.78, 5) is 10.8. The molecule has 14 heavy (non-hydrogen) atoms. The average molecular weight is 223 g/mol. The minimum atomic E-state index is -3.71. The number of rotatable bonds is 4. The first-order valence-electron chi connectivity index (χ1n) is 4.42. The van der Waals surface area contributed by atoms with Gasteiger partial charge >= 0.3 is 13.7 Å². The summed E-state index contributed by atoms with van der Waals surface area (Å²) < 4.78 is 20.7. The lowest BCUT2D eigenvalue weighted by molar-refractivity contribution is -0.134. The predicted molar refractivity (Wildman–Crippen MR) is 53.6 cm³/mol. The summed E-state index contributed by atoms with van der Waals surface area (Å²) in [5, 5.41) is 0. The van der Waals surface area contributed by atoms with E-state index >= 15 is 0 Å². The second-order valence-corrected chi connectivity index (χ2v) is 5.71. The third-order valence-electron chi connectivity index (χ3n) is 1.20. The van der Waals surface area contributed by atoms with Gasteiger partial charge in [0.2, 0.25) is 0 Å². The minimum absolute atomic E-state index is 0.125. The Balaban J connectivity index is 4.09. The molecule has 0 bridgehead atoms. The Morgan fingerprint density at radius 1 is 1.43 bits per heavy atom. The smallest absolute Gasteiger partial charge is 0.380 e. The highest BCUT2D eigenvalue weighted by molar-refractivity contribution is 7.51. The van der Waals surface area contributed by atoms with Crippen molar-refractivity contribution in [2.75, 3.05) is 6.61 Å². The van der Waals surface area contributed by atoms with Crippen molar-refractivity contribution in [1.82, 2.24) is 0 Å². The molecule has 5 nitrogen and oxygen atoms in total. The molecule has 0 saturated heterocycles. The Kier molecular flexibility index (Phi) is 4.78. The maximum Gasteiger partial charge on any atom is 0.458 e. The largest absolute Gasteiger partial charge is 0.458 e. The van der Waals surface area contributed by atoms with Crippen molar-refractivity contribution in [1.29, 1.82) is 0 Å². The van der Waals surface area contributed by atoms with E-state index in [1.54, 1.807) is 6.92 Å². The summed E-state index contributed by atoms with van der Waals surface area (Å²) in [6.45, 7) is 7.46. The molecule has 1 unspecified atom stereocenters. The van der Waals surface area contributed by atoms with Crippen molar-refractivity contribution in [3.63, 3.8) is 0 Å². The van der Waals surface area contributed by atoms with Gasteiger partial charge in [-0.25, -0.2) is 10.1 Å². The van der Waals surface area contributed by atoms with Gasteiger partial charge in [-0.15, -0.1) is 0 Å². The number of hydrogen-bond acceptors (Lipinski definition) is 4. The van der Waals surface area contributed by atoms with Gasteiger partial charge in [0.05, 0.1) is 6.61 Å². The highest BCUT2D eigenvalue weighted by Gasteiger charge is 2.25. The molecule has 0 aliphatic heterocycles. The quantitative estimate of drug-likeness (QED) is 0.738. The number of hydrogen-bond donors (Lipinski definition) is 1. The van der Waals surface area contributed by atoms with Gasteiger partial charge in [0, 0.05) is 6.42 Å². The van der Waals surface area contributed by atoms with E-state index in [1.807, 2.05) is 20.8 Å². The molecule has 0 spiro atoms. The van der Waals surface area contributed by atoms with Crippen LogP contribution in [0.4, 0.5) is 0 Å². The van der Waals surface area contributed by atoms with Gasteiger partial charge in [-0.2, -0.15) is 0 Å². The Labute approximate surface area is 84.5 Å². The molecule has 0 saturated carbocycles. The zero-order valence-electron chi connectivity index (χ0n) is 9.07. The van der Waals surface area contributed by atoms with Gasteiger partial charge in [-0.05, 0) is 5.41 Å². The molecule has 0 amide bonds. The fraction of sp³-hybridized carbons (Fsp3) is 0.875. The topological polar surface area (TPSA) is 78.6 Å². The van der Waals surface area contributed by atoms with Crippen molar-refractivity contribution in [3.05, 3.63) is 0 Å². The molecule has 1 atom stereocenters. The van der Waals surface area contributed by atoms with Crippen molar-refractivity contribution in [2.45, 2.75) is 34.1 Å². The van der Waals surface area contributed by atoms with Gasteiger partial charge < -0.3 is 4.52 Å². The van der Waals surface area contributed by atoms with E-state index in [2.05, 4.69) is 4.52 Å². The molecular weight excluding hydrogens is 205 g/mol. The highest BCUT2D eigenvalue weighted by Crippen LogP contribution is 2.41. The molecule has 84 valence electrons. The van der Waals surface area contributed by atoms with E-state index in [1.165, 1.54) is 0 Å². The molecule has 6 heteroatoms. The molecule has 0 aliphatic carbocycles. The van der Waals surface area contributed by atoms with Crippen LogP contribution in [0, 0.1) is 5.41 Å². The first kappa shape index (κ1) is 13.6. The third-order valence-corrected chi connectivity index (χ3v) is 2.14. The maximum atomic E-state index is 11.3. The molecule has 0 aromatic carbocycles. The predicted octanol–water partition coefficient (Wildman–Crippen LogP) is 2.07. The Morgan fingerprint density at radius 2 is 1.93 bits per heavy atom. The second-order valence-electron chi connectivity index (χ2n) is 4.19.